The van der Waals surface area contributed by atoms with Crippen LogP contribution >= 0.6 is 0 Å². The van der Waals surface area contributed by atoms with Crippen LogP contribution in [0.1, 0.15) is 0 Å². The van der Waals surface area contributed by atoms with Crippen molar-refractivity contribution in [2.45, 2.75) is 0 Å². The van der Waals surface area contributed by atoms with Crippen LogP contribution < -0.4 is 32.5 Å². The molecular formula is C12H30N4O9. The first-order chi connectivity index (χ1) is 11.7. The second kappa shape index (κ2) is 27.0. The second-order valence-electron chi connectivity index (χ2n) is 3.99. The minimum Gasteiger partial charge on any atom is -0.549 e. The summed E-state index contributed by atoms with van der Waals surface area (Å²) < 4.78 is 0. The van der Waals surface area contributed by atoms with Gasteiger partial charge in [0, 0.05) is 19.6 Å². The molecule has 12 N–H and O–H groups in total. The fourth-order valence-corrected chi connectivity index (χ4v) is 0.715. The van der Waals surface area contributed by atoms with Gasteiger partial charge in [-0.3, -0.25) is 4.90 Å². The molecular weight excluding hydrogens is 344 g/mol. The Labute approximate surface area is 145 Å². The van der Waals surface area contributed by atoms with Crippen LogP contribution in [0.2, 0.25) is 0 Å². The van der Waals surface area contributed by atoms with Crippen molar-refractivity contribution in [1.82, 2.24) is 4.90 Å². The Hall–Kier alpha value is -1.87. The number of aliphatic hydroxyl groups is 3. The van der Waals surface area contributed by atoms with Gasteiger partial charge >= 0.3 is 0 Å². The predicted molar refractivity (Wildman–Crippen MR) is 76.0 cm³/mol. The molecule has 0 atom stereocenters. The van der Waals surface area contributed by atoms with Gasteiger partial charge in [0.15, 0.2) is 0 Å². The van der Waals surface area contributed by atoms with Crippen molar-refractivity contribution in [1.29, 1.82) is 0 Å². The average molecular weight is 374 g/mol. The van der Waals surface area contributed by atoms with Crippen molar-refractivity contribution in [2.24, 2.45) is 0 Å². The quantitative estimate of drug-likeness (QED) is 0.221. The van der Waals surface area contributed by atoms with E-state index in [1.54, 1.807) is 0 Å². The van der Waals surface area contributed by atoms with Crippen LogP contribution in [0.4, 0.5) is 0 Å². The van der Waals surface area contributed by atoms with Crippen molar-refractivity contribution >= 4 is 17.9 Å². The predicted octanol–water partition coefficient (Wildman–Crippen LogP) is -10.8. The first-order valence-corrected chi connectivity index (χ1v) is 7.18. The van der Waals surface area contributed by atoms with Gasteiger partial charge in [0.05, 0.1) is 57.4 Å². The number of hydrogen-bond acceptors (Lipinski definition) is 10. The Bertz CT molecular complexity index is 265. The van der Waals surface area contributed by atoms with Crippen LogP contribution in [-0.2, 0) is 14.4 Å². The molecule has 0 aliphatic rings. The number of quaternary nitrogens is 3. The minimum atomic E-state index is -1.57. The standard InChI is InChI=1S/C6H9NO6.3C2H7NO/c8-4(9)1-7(2-5(10)11)3-6(12)13;3*3-1-2-4/h1-3H2,(H,8,9)(H,10,11)(H,12,13);3*4H,1-3H2. The first-order valence-electron chi connectivity index (χ1n) is 7.18. The number of carboxylic acid groups (broad SMARTS) is 3. The van der Waals surface area contributed by atoms with Crippen LogP contribution in [0.15, 0.2) is 0 Å². The maximum atomic E-state index is 9.99. The third-order valence-corrected chi connectivity index (χ3v) is 1.53. The summed E-state index contributed by atoms with van der Waals surface area (Å²) >= 11 is 0. The Morgan fingerprint density at radius 2 is 0.800 bits per heavy atom. The highest BCUT2D eigenvalue weighted by atomic mass is 16.4. The lowest BCUT2D eigenvalue weighted by atomic mass is 10.4. The molecule has 0 radical (unpaired) electrons. The Morgan fingerprint density at radius 3 is 0.880 bits per heavy atom. The number of aliphatic carboxylic acids is 3. The molecule has 0 saturated heterocycles. The zero-order valence-electron chi connectivity index (χ0n) is 14.2. The Morgan fingerprint density at radius 1 is 0.640 bits per heavy atom. The van der Waals surface area contributed by atoms with Gasteiger partial charge in [-0.1, -0.05) is 0 Å². The van der Waals surface area contributed by atoms with Gasteiger partial charge in [-0.15, -0.1) is 0 Å². The Kier molecular flexibility index (Phi) is 33.4. The number of carboxylic acids is 3. The summed E-state index contributed by atoms with van der Waals surface area (Å²) in [6, 6.07) is 0. The summed E-state index contributed by atoms with van der Waals surface area (Å²) in [6.07, 6.45) is 0. The molecule has 0 aliphatic carbocycles. The maximum Gasteiger partial charge on any atom is 0.0974 e. The van der Waals surface area contributed by atoms with E-state index in [2.05, 4.69) is 17.2 Å². The van der Waals surface area contributed by atoms with Gasteiger partial charge in [-0.25, -0.2) is 0 Å². The van der Waals surface area contributed by atoms with Gasteiger partial charge in [0.1, 0.15) is 0 Å². The molecule has 0 saturated carbocycles. The highest BCUT2D eigenvalue weighted by molar-refractivity contribution is 5.73. The van der Waals surface area contributed by atoms with Crippen LogP contribution in [-0.4, -0.2) is 97.2 Å². The number of nitrogens with zero attached hydrogens (tertiary/aromatic N) is 1. The van der Waals surface area contributed by atoms with E-state index in [-0.39, 0.29) is 19.8 Å². The largest absolute Gasteiger partial charge is 0.549 e. The molecule has 0 spiro atoms. The minimum absolute atomic E-state index is 0.208. The molecule has 0 fully saturated rings. The summed E-state index contributed by atoms with van der Waals surface area (Å²) in [5, 5.41) is 53.4. The van der Waals surface area contributed by atoms with Gasteiger partial charge in [0.25, 0.3) is 0 Å². The molecule has 152 valence electrons. The molecule has 0 unspecified atom stereocenters. The summed E-state index contributed by atoms with van der Waals surface area (Å²) in [7, 11) is 0. The maximum absolute atomic E-state index is 9.99. The number of rotatable bonds is 9. The lowest BCUT2D eigenvalue weighted by molar-refractivity contribution is -0.372. The molecule has 0 bridgehead atoms. The highest BCUT2D eigenvalue weighted by Gasteiger charge is 2.05. The van der Waals surface area contributed by atoms with E-state index in [1.165, 1.54) is 0 Å². The lowest BCUT2D eigenvalue weighted by Gasteiger charge is -2.23. The molecule has 0 aromatic carbocycles. The second-order valence-corrected chi connectivity index (χ2v) is 3.99. The monoisotopic (exact) mass is 374 g/mol. The summed E-state index contributed by atoms with van der Waals surface area (Å²) in [6.45, 7) is 0.131. The molecule has 0 amide bonds. The summed E-state index contributed by atoms with van der Waals surface area (Å²) in [4.78, 5) is 30.6. The van der Waals surface area contributed by atoms with E-state index in [1.807, 2.05) is 0 Å². The van der Waals surface area contributed by atoms with Crippen LogP contribution in [0.3, 0.4) is 0 Å². The number of carbonyl (C=O) groups excluding carboxylic acids is 3. The van der Waals surface area contributed by atoms with Gasteiger partial charge < -0.3 is 62.2 Å². The molecule has 0 rings (SSSR count). The molecule has 13 nitrogen and oxygen atoms in total. The third-order valence-electron chi connectivity index (χ3n) is 1.53. The van der Waals surface area contributed by atoms with E-state index in [0.717, 1.165) is 0 Å². The number of aliphatic hydroxyl groups excluding tert-OH is 3. The van der Waals surface area contributed by atoms with Crippen molar-refractivity contribution in [3.8, 4) is 0 Å². The van der Waals surface area contributed by atoms with Crippen molar-refractivity contribution in [3.63, 3.8) is 0 Å². The molecule has 25 heavy (non-hydrogen) atoms. The van der Waals surface area contributed by atoms with Gasteiger partial charge in [0.2, 0.25) is 0 Å². The van der Waals surface area contributed by atoms with Crippen molar-refractivity contribution in [2.75, 3.05) is 59.1 Å². The average Bonchev–Trinajstić information content (AvgIpc) is 2.53. The van der Waals surface area contributed by atoms with Crippen molar-refractivity contribution in [3.05, 3.63) is 0 Å². The highest BCUT2D eigenvalue weighted by Crippen LogP contribution is 1.84. The lowest BCUT2D eigenvalue weighted by Crippen LogP contribution is -2.51. The first kappa shape index (κ1) is 31.0. The molecule has 0 heterocycles. The molecule has 0 aliphatic heterocycles. The smallest absolute Gasteiger partial charge is 0.0974 e. The van der Waals surface area contributed by atoms with Gasteiger partial charge in [-0.2, -0.15) is 0 Å². The van der Waals surface area contributed by atoms with E-state index >= 15 is 0 Å². The zero-order chi connectivity index (χ0) is 20.7. The number of hydrogen-bond donors (Lipinski definition) is 6. The molecule has 0 aromatic heterocycles. The summed E-state index contributed by atoms with van der Waals surface area (Å²) in [5.74, 6) is -4.70. The normalized spacial score (nSPS) is 8.76. The fourth-order valence-electron chi connectivity index (χ4n) is 0.715. The van der Waals surface area contributed by atoms with E-state index in [9.17, 15) is 29.7 Å². The van der Waals surface area contributed by atoms with Crippen LogP contribution in [0.5, 0.6) is 0 Å². The third kappa shape index (κ3) is 52.0. The SMILES string of the molecule is O=C([O-])CN(CC(=O)[O-])CC(=O)[O-].[NH3+]CCO.[NH3+]CCO.[NH3+]CCO. The van der Waals surface area contributed by atoms with Crippen LogP contribution in [0.25, 0.3) is 0 Å². The van der Waals surface area contributed by atoms with E-state index in [4.69, 9.17) is 15.3 Å². The zero-order valence-corrected chi connectivity index (χ0v) is 14.2. The van der Waals surface area contributed by atoms with Crippen molar-refractivity contribution < 1.29 is 62.2 Å². The van der Waals surface area contributed by atoms with E-state index in [0.29, 0.717) is 24.5 Å². The Balaban J connectivity index is -0.000000150. The van der Waals surface area contributed by atoms with Crippen LogP contribution in [0, 0.1) is 0 Å². The molecule has 13 heteroatoms. The van der Waals surface area contributed by atoms with E-state index < -0.39 is 37.5 Å². The molecule has 0 aromatic rings. The number of carbonyl (C=O) groups is 3. The van der Waals surface area contributed by atoms with Gasteiger partial charge in [-0.05, 0) is 0 Å². The topological polar surface area (TPSA) is 267 Å². The summed E-state index contributed by atoms with van der Waals surface area (Å²) in [5.41, 5.74) is 10.1. The fraction of sp³-hybridized carbons (Fsp3) is 0.750.